The van der Waals surface area contributed by atoms with Crippen molar-refractivity contribution in [2.45, 2.75) is 56.4 Å². The van der Waals surface area contributed by atoms with Crippen molar-refractivity contribution >= 4 is 21.9 Å². The molecular formula is C21H27BrO4. The zero-order valence-electron chi connectivity index (χ0n) is 15.8. The number of carbonyl (C=O) groups is 1. The van der Waals surface area contributed by atoms with Gasteiger partial charge in [0, 0.05) is 4.32 Å². The van der Waals surface area contributed by atoms with Gasteiger partial charge in [-0.15, -0.1) is 0 Å². The van der Waals surface area contributed by atoms with E-state index >= 15 is 0 Å². The molecule has 4 aliphatic carbocycles. The lowest BCUT2D eigenvalue weighted by molar-refractivity contribution is -0.170. The Balaban J connectivity index is 1.50. The largest absolute Gasteiger partial charge is 0.493 e. The van der Waals surface area contributed by atoms with E-state index < -0.39 is 0 Å². The van der Waals surface area contributed by atoms with Crippen molar-refractivity contribution in [2.75, 3.05) is 14.2 Å². The third-order valence-electron chi connectivity index (χ3n) is 6.62. The average Bonchev–Trinajstić information content (AvgIpc) is 2.57. The second kappa shape index (κ2) is 6.43. The second-order valence-corrected chi connectivity index (χ2v) is 10.3. The highest BCUT2D eigenvalue weighted by molar-refractivity contribution is 9.10. The van der Waals surface area contributed by atoms with Gasteiger partial charge in [-0.25, -0.2) is 0 Å². The van der Waals surface area contributed by atoms with Gasteiger partial charge in [-0.2, -0.15) is 0 Å². The molecule has 4 bridgehead atoms. The minimum absolute atomic E-state index is 0.00962. The molecule has 0 amide bonds. The van der Waals surface area contributed by atoms with Gasteiger partial charge in [0.05, 0.1) is 19.6 Å². The number of ether oxygens (including phenoxy) is 3. The molecule has 0 radical (unpaired) electrons. The summed E-state index contributed by atoms with van der Waals surface area (Å²) in [6, 6.07) is 3.84. The molecule has 5 rings (SSSR count). The van der Waals surface area contributed by atoms with E-state index in [1.54, 1.807) is 14.2 Å². The lowest BCUT2D eigenvalue weighted by atomic mass is 9.49. The molecule has 4 fully saturated rings. The molecule has 0 N–H and O–H groups in total. The van der Waals surface area contributed by atoms with E-state index in [0.717, 1.165) is 30.4 Å². The summed E-state index contributed by atoms with van der Waals surface area (Å²) in [5, 5.41) is 0. The Kier molecular flexibility index (Phi) is 4.49. The first-order chi connectivity index (χ1) is 12.4. The van der Waals surface area contributed by atoms with Gasteiger partial charge in [-0.05, 0) is 80.5 Å². The van der Waals surface area contributed by atoms with Gasteiger partial charge in [0.2, 0.25) is 0 Å². The van der Waals surface area contributed by atoms with E-state index in [1.807, 2.05) is 19.1 Å². The van der Waals surface area contributed by atoms with Gasteiger partial charge < -0.3 is 14.2 Å². The predicted molar refractivity (Wildman–Crippen MR) is 103 cm³/mol. The van der Waals surface area contributed by atoms with Crippen LogP contribution in [0.15, 0.2) is 12.1 Å². The fourth-order valence-electron chi connectivity index (χ4n) is 5.86. The SMILES string of the molecule is COc1cc(C)c(COC(=O)C23C[C@@H]4C[C@@H](CC(Br)(C4)C2)C3)cc1OC. The van der Waals surface area contributed by atoms with Crippen LogP contribution in [0, 0.1) is 24.2 Å². The van der Waals surface area contributed by atoms with Crippen LogP contribution in [0.3, 0.4) is 0 Å². The van der Waals surface area contributed by atoms with E-state index in [-0.39, 0.29) is 22.3 Å². The average molecular weight is 423 g/mol. The number of hydrogen-bond acceptors (Lipinski definition) is 4. The van der Waals surface area contributed by atoms with E-state index in [2.05, 4.69) is 15.9 Å². The number of rotatable bonds is 5. The van der Waals surface area contributed by atoms with Crippen molar-refractivity contribution in [3.8, 4) is 11.5 Å². The van der Waals surface area contributed by atoms with Crippen molar-refractivity contribution in [3.63, 3.8) is 0 Å². The number of methoxy groups -OCH3 is 2. The first-order valence-electron chi connectivity index (χ1n) is 9.44. The normalized spacial score (nSPS) is 34.6. The van der Waals surface area contributed by atoms with E-state index in [0.29, 0.717) is 23.3 Å². The van der Waals surface area contributed by atoms with Crippen molar-refractivity contribution in [3.05, 3.63) is 23.3 Å². The number of esters is 1. The van der Waals surface area contributed by atoms with Crippen molar-refractivity contribution < 1.29 is 19.0 Å². The van der Waals surface area contributed by atoms with Crippen LogP contribution in [0.2, 0.25) is 0 Å². The van der Waals surface area contributed by atoms with Gasteiger partial charge in [0.25, 0.3) is 0 Å². The van der Waals surface area contributed by atoms with Crippen molar-refractivity contribution in [1.29, 1.82) is 0 Å². The molecule has 4 aliphatic rings. The topological polar surface area (TPSA) is 44.8 Å². The van der Waals surface area contributed by atoms with E-state index in [1.165, 1.54) is 19.3 Å². The molecule has 0 aliphatic heterocycles. The third-order valence-corrected chi connectivity index (χ3v) is 7.55. The summed E-state index contributed by atoms with van der Waals surface area (Å²) < 4.78 is 16.7. The summed E-state index contributed by atoms with van der Waals surface area (Å²) in [5.74, 6) is 2.70. The Hall–Kier alpha value is -1.23. The second-order valence-electron chi connectivity index (χ2n) is 8.60. The first kappa shape index (κ1) is 18.1. The molecule has 2 unspecified atom stereocenters. The quantitative estimate of drug-likeness (QED) is 0.505. The number of alkyl halides is 1. The van der Waals surface area contributed by atoms with Crippen LogP contribution in [0.1, 0.15) is 49.7 Å². The first-order valence-corrected chi connectivity index (χ1v) is 10.2. The molecule has 0 heterocycles. The highest BCUT2D eigenvalue weighted by atomic mass is 79.9. The zero-order valence-corrected chi connectivity index (χ0v) is 17.4. The van der Waals surface area contributed by atoms with Crippen LogP contribution < -0.4 is 9.47 Å². The number of benzene rings is 1. The van der Waals surface area contributed by atoms with E-state index in [4.69, 9.17) is 14.2 Å². The highest BCUT2D eigenvalue weighted by Crippen LogP contribution is 2.64. The minimum Gasteiger partial charge on any atom is -0.493 e. The van der Waals surface area contributed by atoms with Crippen LogP contribution in [-0.4, -0.2) is 24.5 Å². The van der Waals surface area contributed by atoms with Crippen molar-refractivity contribution in [2.24, 2.45) is 17.3 Å². The Morgan fingerprint density at radius 2 is 1.73 bits per heavy atom. The molecule has 26 heavy (non-hydrogen) atoms. The highest BCUT2D eigenvalue weighted by Gasteiger charge is 2.60. The summed E-state index contributed by atoms with van der Waals surface area (Å²) in [7, 11) is 3.24. The fraction of sp³-hybridized carbons (Fsp3) is 0.667. The van der Waals surface area contributed by atoms with Gasteiger partial charge in [-0.3, -0.25) is 4.79 Å². The molecule has 4 atom stereocenters. The van der Waals surface area contributed by atoms with Gasteiger partial charge in [-0.1, -0.05) is 15.9 Å². The van der Waals surface area contributed by atoms with Crippen LogP contribution >= 0.6 is 15.9 Å². The molecule has 5 heteroatoms. The summed E-state index contributed by atoms with van der Waals surface area (Å²) in [4.78, 5) is 13.1. The van der Waals surface area contributed by atoms with Gasteiger partial charge in [0.1, 0.15) is 6.61 Å². The minimum atomic E-state index is -0.280. The lowest BCUT2D eigenvalue weighted by Gasteiger charge is -2.58. The molecular weight excluding hydrogens is 396 g/mol. The van der Waals surface area contributed by atoms with E-state index in [9.17, 15) is 4.79 Å². The molecule has 4 saturated carbocycles. The lowest BCUT2D eigenvalue weighted by Crippen LogP contribution is -2.56. The number of halogens is 1. The third kappa shape index (κ3) is 3.02. The van der Waals surface area contributed by atoms with Gasteiger partial charge in [0.15, 0.2) is 11.5 Å². The monoisotopic (exact) mass is 422 g/mol. The molecule has 4 nitrogen and oxygen atoms in total. The molecule has 142 valence electrons. The Labute approximate surface area is 163 Å². The van der Waals surface area contributed by atoms with Gasteiger partial charge >= 0.3 is 5.97 Å². The molecule has 0 spiro atoms. The van der Waals surface area contributed by atoms with Crippen LogP contribution in [0.25, 0.3) is 0 Å². The predicted octanol–water partition coefficient (Wildman–Crippen LogP) is 4.79. The molecule has 0 saturated heterocycles. The number of hydrogen-bond donors (Lipinski definition) is 0. The maximum absolute atomic E-state index is 13.1. The number of carbonyl (C=O) groups excluding carboxylic acids is 1. The Bertz CT molecular complexity index is 715. The maximum Gasteiger partial charge on any atom is 0.312 e. The smallest absolute Gasteiger partial charge is 0.312 e. The van der Waals surface area contributed by atoms with Crippen molar-refractivity contribution in [1.82, 2.24) is 0 Å². The standard InChI is InChI=1S/C21H27BrO4/c1-13-4-17(24-2)18(25-3)6-16(13)11-26-19(23)20-7-14-5-15(8-20)10-21(22,9-14)12-20/h4,6,14-15H,5,7-12H2,1-3H3/t14-,15+,20?,21?. The summed E-state index contributed by atoms with van der Waals surface area (Å²) in [5.41, 5.74) is 1.73. The molecule has 1 aromatic carbocycles. The summed E-state index contributed by atoms with van der Waals surface area (Å²) in [6.45, 7) is 2.29. The maximum atomic E-state index is 13.1. The van der Waals surface area contributed by atoms with Crippen LogP contribution in [0.5, 0.6) is 11.5 Å². The van der Waals surface area contributed by atoms with Crippen LogP contribution in [0.4, 0.5) is 0 Å². The Morgan fingerprint density at radius 3 is 2.31 bits per heavy atom. The van der Waals surface area contributed by atoms with Crippen LogP contribution in [-0.2, 0) is 16.1 Å². The Morgan fingerprint density at radius 1 is 1.12 bits per heavy atom. The molecule has 0 aromatic heterocycles. The summed E-state index contributed by atoms with van der Waals surface area (Å²) in [6.07, 6.45) is 6.65. The zero-order chi connectivity index (χ0) is 18.5. The summed E-state index contributed by atoms with van der Waals surface area (Å²) >= 11 is 3.97. The number of aryl methyl sites for hydroxylation is 1. The fourth-order valence-corrected chi connectivity index (χ4v) is 7.32. The molecule has 1 aromatic rings.